The first-order valence-corrected chi connectivity index (χ1v) is 18.0. The van der Waals surface area contributed by atoms with Crippen molar-refractivity contribution in [2.75, 3.05) is 14.1 Å². The maximum Gasteiger partial charge on any atom is 0.416 e. The van der Waals surface area contributed by atoms with Crippen LogP contribution in [0, 0.1) is 5.92 Å². The van der Waals surface area contributed by atoms with Gasteiger partial charge in [-0.2, -0.15) is 13.2 Å². The Kier molecular flexibility index (Phi) is 16.7. The third kappa shape index (κ3) is 15.9. The Labute approximate surface area is 320 Å². The molecule has 306 valence electrons. The summed E-state index contributed by atoms with van der Waals surface area (Å²) < 4.78 is 76.5. The van der Waals surface area contributed by atoms with Gasteiger partial charge in [-0.25, -0.2) is 23.6 Å². The highest BCUT2D eigenvalue weighted by molar-refractivity contribution is 5.90. The van der Waals surface area contributed by atoms with E-state index in [0.29, 0.717) is 11.1 Å². The van der Waals surface area contributed by atoms with Crippen LogP contribution in [-0.2, 0) is 57.3 Å². The van der Waals surface area contributed by atoms with E-state index in [0.717, 1.165) is 21.9 Å². The highest BCUT2D eigenvalue weighted by atomic mass is 19.4. The molecule has 4 atom stereocenters. The molecule has 0 aliphatic rings. The van der Waals surface area contributed by atoms with Crippen molar-refractivity contribution in [3.05, 3.63) is 71.3 Å². The second kappa shape index (κ2) is 19.8. The van der Waals surface area contributed by atoms with Gasteiger partial charge in [0.25, 0.3) is 5.91 Å². The van der Waals surface area contributed by atoms with Gasteiger partial charge >= 0.3 is 30.2 Å². The molecule has 0 radical (unpaired) electrons. The monoisotopic (exact) mass is 782 g/mol. The minimum Gasteiger partial charge on any atom is -0.458 e. The molecule has 0 N–H and O–H groups in total. The average molecular weight is 783 g/mol. The van der Waals surface area contributed by atoms with Crippen LogP contribution in [-0.4, -0.2) is 89.4 Å². The van der Waals surface area contributed by atoms with Crippen molar-refractivity contribution >= 4 is 29.9 Å². The van der Waals surface area contributed by atoms with Gasteiger partial charge in [0.05, 0.1) is 5.56 Å². The number of rotatable bonds is 17. The topological polar surface area (TPSA) is 129 Å². The molecule has 0 aromatic heterocycles. The number of alkyl halides is 4. The van der Waals surface area contributed by atoms with Crippen LogP contribution in [0.5, 0.6) is 0 Å². The molecule has 11 nitrogen and oxygen atoms in total. The summed E-state index contributed by atoms with van der Waals surface area (Å²) in [7, 11) is 2.50. The minimum atomic E-state index is -4.58. The molecule has 2 amide bonds. The number of ether oxygens (including phenoxy) is 4. The lowest BCUT2D eigenvalue weighted by Gasteiger charge is -2.34. The Hall–Kier alpha value is -4.69. The van der Waals surface area contributed by atoms with E-state index in [1.807, 2.05) is 0 Å². The Morgan fingerprint density at radius 2 is 1.27 bits per heavy atom. The first-order chi connectivity index (χ1) is 25.3. The van der Waals surface area contributed by atoms with Crippen LogP contribution >= 0.6 is 0 Å². The number of carbonyl (C=O) groups excluding carboxylic acids is 5. The fourth-order valence-electron chi connectivity index (χ4n) is 5.30. The molecule has 0 aliphatic carbocycles. The average Bonchev–Trinajstić information content (AvgIpc) is 3.08. The van der Waals surface area contributed by atoms with Gasteiger partial charge in [0, 0.05) is 20.5 Å². The van der Waals surface area contributed by atoms with Gasteiger partial charge in [-0.1, -0.05) is 56.3 Å². The van der Waals surface area contributed by atoms with Gasteiger partial charge < -0.3 is 23.8 Å². The number of likely N-dealkylation sites (N-methyl/N-ethyl adjacent to an activating group) is 2. The summed E-state index contributed by atoms with van der Waals surface area (Å²) in [6.45, 7) is 12.0. The minimum absolute atomic E-state index is 0.0551. The molecular formula is C40H54F4N2O9. The molecule has 0 aliphatic heterocycles. The molecule has 0 spiro atoms. The second-order valence-electron chi connectivity index (χ2n) is 15.5. The molecule has 0 unspecified atom stereocenters. The second-order valence-corrected chi connectivity index (χ2v) is 15.5. The number of carbonyl (C=O) groups is 5. The molecule has 0 saturated carbocycles. The number of esters is 3. The normalized spacial score (nSPS) is 14.2. The molecule has 0 saturated heterocycles. The fourth-order valence-corrected chi connectivity index (χ4v) is 5.30. The quantitative estimate of drug-likeness (QED) is 0.0912. The largest absolute Gasteiger partial charge is 0.458 e. The van der Waals surface area contributed by atoms with E-state index in [-0.39, 0.29) is 31.8 Å². The van der Waals surface area contributed by atoms with E-state index in [9.17, 15) is 37.1 Å². The highest BCUT2D eigenvalue weighted by Gasteiger charge is 2.41. The number of halogens is 4. The van der Waals surface area contributed by atoms with Crippen LogP contribution in [0.1, 0.15) is 91.3 Å². The summed E-state index contributed by atoms with van der Waals surface area (Å²) in [5.41, 5.74) is -2.77. The first-order valence-electron chi connectivity index (χ1n) is 18.0. The van der Waals surface area contributed by atoms with Crippen LogP contribution < -0.4 is 0 Å². The SMILES string of the molecule is CC(C)C[C@@H](C(=O)O[C@H](C)C(=O)OCc1ccccc1)N(C)C(=O)[C@@H](CCc1ccc(C(F)(F)F)cc1)OC(=O)[C@H](CC(C)(C)F)N(C)C(=O)OC(C)(C)C. The van der Waals surface area contributed by atoms with Gasteiger partial charge in [0.15, 0.2) is 12.2 Å². The maximum atomic E-state index is 15.1. The summed E-state index contributed by atoms with van der Waals surface area (Å²) in [6.07, 6.45) is -9.35. The van der Waals surface area contributed by atoms with Gasteiger partial charge in [0.2, 0.25) is 0 Å². The Morgan fingerprint density at radius 1 is 0.709 bits per heavy atom. The zero-order chi connectivity index (χ0) is 41.9. The third-order valence-electron chi connectivity index (χ3n) is 8.24. The van der Waals surface area contributed by atoms with Crippen molar-refractivity contribution in [1.82, 2.24) is 9.80 Å². The highest BCUT2D eigenvalue weighted by Crippen LogP contribution is 2.30. The van der Waals surface area contributed by atoms with Crippen molar-refractivity contribution in [2.24, 2.45) is 5.92 Å². The molecule has 2 rings (SSSR count). The van der Waals surface area contributed by atoms with Crippen molar-refractivity contribution in [1.29, 1.82) is 0 Å². The first kappa shape index (κ1) is 46.5. The van der Waals surface area contributed by atoms with Crippen LogP contribution in [0.4, 0.5) is 22.4 Å². The van der Waals surface area contributed by atoms with E-state index in [1.165, 1.54) is 47.0 Å². The van der Waals surface area contributed by atoms with Crippen molar-refractivity contribution in [3.63, 3.8) is 0 Å². The summed E-state index contributed by atoms with van der Waals surface area (Å²) in [5, 5.41) is 0. The van der Waals surface area contributed by atoms with Gasteiger partial charge in [0.1, 0.15) is 30.0 Å². The number of aryl methyl sites for hydroxylation is 1. The molecular weight excluding hydrogens is 728 g/mol. The zero-order valence-corrected chi connectivity index (χ0v) is 33.2. The van der Waals surface area contributed by atoms with Crippen LogP contribution in [0.15, 0.2) is 54.6 Å². The van der Waals surface area contributed by atoms with E-state index in [4.69, 9.17) is 18.9 Å². The Balaban J connectivity index is 2.42. The summed E-state index contributed by atoms with van der Waals surface area (Å²) in [6, 6.07) is 10.2. The van der Waals surface area contributed by atoms with Crippen LogP contribution in [0.2, 0.25) is 0 Å². The van der Waals surface area contributed by atoms with Crippen LogP contribution in [0.3, 0.4) is 0 Å². The summed E-state index contributed by atoms with van der Waals surface area (Å²) in [4.78, 5) is 69.2. The number of hydrogen-bond acceptors (Lipinski definition) is 9. The molecule has 55 heavy (non-hydrogen) atoms. The van der Waals surface area contributed by atoms with Gasteiger partial charge in [-0.3, -0.25) is 9.69 Å². The fraction of sp³-hybridized carbons (Fsp3) is 0.575. The van der Waals surface area contributed by atoms with Crippen molar-refractivity contribution < 1.29 is 60.5 Å². The zero-order valence-electron chi connectivity index (χ0n) is 33.2. The summed E-state index contributed by atoms with van der Waals surface area (Å²) in [5.74, 6) is -3.99. The molecule has 2 aromatic rings. The predicted molar refractivity (Wildman–Crippen MR) is 195 cm³/mol. The smallest absolute Gasteiger partial charge is 0.416 e. The molecule has 15 heteroatoms. The van der Waals surface area contributed by atoms with E-state index in [2.05, 4.69) is 0 Å². The molecule has 0 fully saturated rings. The number of nitrogens with zero attached hydrogens (tertiary/aromatic N) is 2. The summed E-state index contributed by atoms with van der Waals surface area (Å²) >= 11 is 0. The lowest BCUT2D eigenvalue weighted by molar-refractivity contribution is -0.174. The Bertz CT molecular complexity index is 1590. The van der Waals surface area contributed by atoms with Gasteiger partial charge in [-0.05, 0) is 90.0 Å². The van der Waals surface area contributed by atoms with Crippen molar-refractivity contribution in [2.45, 2.75) is 129 Å². The standard InChI is InChI=1S/C40H54F4N2O9/c1-25(2)22-30(35(49)53-26(3)34(48)52-24-28-14-12-11-13-15-28)45(9)33(47)32(21-18-27-16-19-29(20-17-27)40(42,43)44)54-36(50)31(23-39(7,8)41)46(10)37(51)55-38(4,5)6/h11-17,19-20,25-26,30-32H,18,21-24H2,1-10H3/t26-,30+,31+,32-/m1/s1. The Morgan fingerprint density at radius 3 is 1.78 bits per heavy atom. The third-order valence-corrected chi connectivity index (χ3v) is 8.24. The van der Waals surface area contributed by atoms with Crippen molar-refractivity contribution in [3.8, 4) is 0 Å². The lowest BCUT2D eigenvalue weighted by atomic mass is 9.99. The van der Waals surface area contributed by atoms with E-state index < -0.39 is 83.6 Å². The molecule has 0 heterocycles. The molecule has 2 aromatic carbocycles. The van der Waals surface area contributed by atoms with E-state index in [1.54, 1.807) is 65.0 Å². The lowest BCUT2D eigenvalue weighted by Crippen LogP contribution is -2.52. The number of hydrogen-bond donors (Lipinski definition) is 0. The predicted octanol–water partition coefficient (Wildman–Crippen LogP) is 7.47. The van der Waals surface area contributed by atoms with Gasteiger partial charge in [-0.15, -0.1) is 0 Å². The number of benzene rings is 2. The molecule has 0 bridgehead atoms. The number of amides is 2. The van der Waals surface area contributed by atoms with E-state index >= 15 is 4.39 Å². The van der Waals surface area contributed by atoms with Crippen LogP contribution in [0.25, 0.3) is 0 Å². The maximum absolute atomic E-state index is 15.1.